The van der Waals surface area contributed by atoms with Gasteiger partial charge in [-0.25, -0.2) is 4.98 Å². The summed E-state index contributed by atoms with van der Waals surface area (Å²) in [5, 5.41) is 6.02. The van der Waals surface area contributed by atoms with E-state index in [0.29, 0.717) is 5.69 Å². The summed E-state index contributed by atoms with van der Waals surface area (Å²) < 4.78 is 0. The number of fused-ring (bicyclic) bond motifs is 1. The number of rotatable bonds is 3. The van der Waals surface area contributed by atoms with Crippen LogP contribution in [0.1, 0.15) is 15.5 Å². The predicted octanol–water partition coefficient (Wildman–Crippen LogP) is 5.52. The van der Waals surface area contributed by atoms with Crippen LogP contribution in [-0.2, 0) is 0 Å². The minimum absolute atomic E-state index is 0.181. The van der Waals surface area contributed by atoms with Gasteiger partial charge in [-0.3, -0.25) is 4.79 Å². The maximum atomic E-state index is 12.9. The normalized spacial score (nSPS) is 10.8. The van der Waals surface area contributed by atoms with Crippen LogP contribution >= 0.6 is 11.3 Å². The van der Waals surface area contributed by atoms with Crippen LogP contribution < -0.4 is 5.32 Å². The molecule has 0 saturated heterocycles. The molecule has 0 spiro atoms. The second-order valence-electron chi connectivity index (χ2n) is 5.76. The van der Waals surface area contributed by atoms with E-state index in [0.717, 1.165) is 31.9 Å². The quantitative estimate of drug-likeness (QED) is 0.531. The van der Waals surface area contributed by atoms with Gasteiger partial charge >= 0.3 is 0 Å². The zero-order chi connectivity index (χ0) is 17.2. The van der Waals surface area contributed by atoms with Crippen molar-refractivity contribution in [3.05, 3.63) is 83.5 Å². The van der Waals surface area contributed by atoms with Gasteiger partial charge < -0.3 is 5.32 Å². The highest BCUT2D eigenvalue weighted by molar-refractivity contribution is 7.15. The number of carbonyl (C=O) groups excluding carboxylic acids is 1. The molecule has 4 rings (SSSR count). The van der Waals surface area contributed by atoms with Crippen LogP contribution in [0.4, 0.5) is 5.69 Å². The van der Waals surface area contributed by atoms with Crippen LogP contribution in [0.3, 0.4) is 0 Å². The highest BCUT2D eigenvalue weighted by Crippen LogP contribution is 2.31. The smallest absolute Gasteiger partial charge is 0.275 e. The lowest BCUT2D eigenvalue weighted by atomic mass is 10.1. The molecule has 122 valence electrons. The third-order valence-corrected chi connectivity index (χ3v) is 5.04. The first-order valence-electron chi connectivity index (χ1n) is 8.04. The molecule has 4 heteroatoms. The summed E-state index contributed by atoms with van der Waals surface area (Å²) in [5.41, 5.74) is 2.28. The molecule has 3 nitrogen and oxygen atoms in total. The van der Waals surface area contributed by atoms with Gasteiger partial charge in [0.15, 0.2) is 0 Å². The summed E-state index contributed by atoms with van der Waals surface area (Å²) in [7, 11) is 0. The first kappa shape index (κ1) is 15.5. The molecule has 1 aromatic heterocycles. The van der Waals surface area contributed by atoms with E-state index in [4.69, 9.17) is 0 Å². The summed E-state index contributed by atoms with van der Waals surface area (Å²) in [6.07, 6.45) is 0. The molecule has 0 aliphatic carbocycles. The van der Waals surface area contributed by atoms with Gasteiger partial charge in [0.1, 0.15) is 5.69 Å². The Balaban J connectivity index is 1.73. The zero-order valence-corrected chi connectivity index (χ0v) is 14.5. The molecule has 1 amide bonds. The fourth-order valence-electron chi connectivity index (χ4n) is 2.88. The summed E-state index contributed by atoms with van der Waals surface area (Å²) >= 11 is 1.54. The lowest BCUT2D eigenvalue weighted by Crippen LogP contribution is -2.13. The second-order valence-corrected chi connectivity index (χ2v) is 6.96. The number of aryl methyl sites for hydroxylation is 1. The Kier molecular flexibility index (Phi) is 4.04. The van der Waals surface area contributed by atoms with Gasteiger partial charge in [0.2, 0.25) is 0 Å². The molecule has 1 heterocycles. The molecular weight excluding hydrogens is 328 g/mol. The molecule has 0 bridgehead atoms. The summed E-state index contributed by atoms with van der Waals surface area (Å²) in [4.78, 5) is 18.3. The lowest BCUT2D eigenvalue weighted by Gasteiger charge is -2.08. The van der Waals surface area contributed by atoms with Gasteiger partial charge in [0.05, 0.1) is 9.88 Å². The Bertz CT molecular complexity index is 1050. The van der Waals surface area contributed by atoms with E-state index < -0.39 is 0 Å². The van der Waals surface area contributed by atoms with E-state index in [1.54, 1.807) is 0 Å². The molecule has 0 radical (unpaired) electrons. The van der Waals surface area contributed by atoms with Crippen LogP contribution in [0, 0.1) is 6.92 Å². The van der Waals surface area contributed by atoms with Crippen molar-refractivity contribution >= 4 is 33.7 Å². The van der Waals surface area contributed by atoms with Crippen molar-refractivity contribution in [1.29, 1.82) is 0 Å². The van der Waals surface area contributed by atoms with Crippen molar-refractivity contribution in [2.24, 2.45) is 0 Å². The average molecular weight is 344 g/mol. The van der Waals surface area contributed by atoms with Crippen molar-refractivity contribution < 1.29 is 4.79 Å². The second kappa shape index (κ2) is 6.49. The summed E-state index contributed by atoms with van der Waals surface area (Å²) in [6, 6.07) is 23.8. The maximum Gasteiger partial charge on any atom is 0.275 e. The number of anilines is 1. The van der Waals surface area contributed by atoms with Crippen molar-refractivity contribution in [2.45, 2.75) is 6.92 Å². The number of carbonyl (C=O) groups is 1. The molecule has 0 aliphatic heterocycles. The Morgan fingerprint density at radius 2 is 1.64 bits per heavy atom. The number of benzene rings is 3. The Morgan fingerprint density at radius 3 is 2.48 bits per heavy atom. The van der Waals surface area contributed by atoms with E-state index in [1.165, 1.54) is 11.3 Å². The standard InChI is InChI=1S/C21H16N2OS/c1-14-22-19(20(25-14)16-9-3-2-4-10-16)21(24)23-18-13-7-11-15-8-5-6-12-17(15)18/h2-13H,1H3,(H,23,24). The molecule has 0 aliphatic rings. The number of aromatic nitrogens is 1. The topological polar surface area (TPSA) is 42.0 Å². The SMILES string of the molecule is Cc1nc(C(=O)Nc2cccc3ccccc23)c(-c2ccccc2)s1. The van der Waals surface area contributed by atoms with Gasteiger partial charge in [-0.05, 0) is 23.9 Å². The third-order valence-electron chi connectivity index (χ3n) is 4.02. The molecular formula is C21H16N2OS. The minimum atomic E-state index is -0.181. The molecule has 3 aromatic carbocycles. The van der Waals surface area contributed by atoms with Crippen molar-refractivity contribution in [2.75, 3.05) is 5.32 Å². The van der Waals surface area contributed by atoms with Gasteiger partial charge in [0.25, 0.3) is 5.91 Å². The third kappa shape index (κ3) is 3.04. The Hall–Kier alpha value is -2.98. The Morgan fingerprint density at radius 1 is 0.920 bits per heavy atom. The first-order chi connectivity index (χ1) is 12.2. The number of nitrogens with zero attached hydrogens (tertiary/aromatic N) is 1. The number of hydrogen-bond acceptors (Lipinski definition) is 3. The molecule has 4 aromatic rings. The fraction of sp³-hybridized carbons (Fsp3) is 0.0476. The van der Waals surface area contributed by atoms with Gasteiger partial charge in [-0.2, -0.15) is 0 Å². The van der Waals surface area contributed by atoms with Gasteiger partial charge in [-0.15, -0.1) is 11.3 Å². The number of hydrogen-bond donors (Lipinski definition) is 1. The molecule has 0 atom stereocenters. The molecule has 1 N–H and O–H groups in total. The molecule has 0 unspecified atom stereocenters. The monoisotopic (exact) mass is 344 g/mol. The molecule has 0 saturated carbocycles. The Labute approximate surface area is 150 Å². The average Bonchev–Trinajstić information content (AvgIpc) is 3.05. The van der Waals surface area contributed by atoms with Crippen molar-refractivity contribution in [1.82, 2.24) is 4.98 Å². The largest absolute Gasteiger partial charge is 0.320 e. The van der Waals surface area contributed by atoms with Crippen LogP contribution in [0.5, 0.6) is 0 Å². The maximum absolute atomic E-state index is 12.9. The highest BCUT2D eigenvalue weighted by Gasteiger charge is 2.19. The molecule has 0 fully saturated rings. The van der Waals surface area contributed by atoms with E-state index in [9.17, 15) is 4.79 Å². The summed E-state index contributed by atoms with van der Waals surface area (Å²) in [5.74, 6) is -0.181. The molecule has 25 heavy (non-hydrogen) atoms. The fourth-order valence-corrected chi connectivity index (χ4v) is 3.80. The van der Waals surface area contributed by atoms with Crippen LogP contribution in [0.25, 0.3) is 21.2 Å². The predicted molar refractivity (Wildman–Crippen MR) is 104 cm³/mol. The number of thiazole rings is 1. The van der Waals surface area contributed by atoms with Crippen LogP contribution in [-0.4, -0.2) is 10.9 Å². The zero-order valence-electron chi connectivity index (χ0n) is 13.7. The minimum Gasteiger partial charge on any atom is -0.320 e. The first-order valence-corrected chi connectivity index (χ1v) is 8.86. The van der Waals surface area contributed by atoms with E-state index >= 15 is 0 Å². The van der Waals surface area contributed by atoms with E-state index in [-0.39, 0.29) is 5.91 Å². The van der Waals surface area contributed by atoms with Gasteiger partial charge in [-0.1, -0.05) is 66.7 Å². The summed E-state index contributed by atoms with van der Waals surface area (Å²) in [6.45, 7) is 1.92. The van der Waals surface area contributed by atoms with E-state index in [2.05, 4.69) is 10.3 Å². The van der Waals surface area contributed by atoms with E-state index in [1.807, 2.05) is 79.7 Å². The lowest BCUT2D eigenvalue weighted by molar-refractivity contribution is 0.102. The number of nitrogens with one attached hydrogen (secondary N) is 1. The van der Waals surface area contributed by atoms with Crippen LogP contribution in [0.2, 0.25) is 0 Å². The van der Waals surface area contributed by atoms with Crippen molar-refractivity contribution in [3.8, 4) is 10.4 Å². The number of amides is 1. The van der Waals surface area contributed by atoms with Crippen molar-refractivity contribution in [3.63, 3.8) is 0 Å². The highest BCUT2D eigenvalue weighted by atomic mass is 32.1. The van der Waals surface area contributed by atoms with Crippen LogP contribution in [0.15, 0.2) is 72.8 Å². The van der Waals surface area contributed by atoms with Gasteiger partial charge in [0, 0.05) is 11.1 Å².